The monoisotopic (exact) mass is 162 g/mol. The zero-order chi connectivity index (χ0) is 7.98. The Morgan fingerprint density at radius 3 is 2.70 bits per heavy atom. The third-order valence-electron chi connectivity index (χ3n) is 1.15. The molecule has 0 radical (unpaired) electrons. The lowest BCUT2D eigenvalue weighted by molar-refractivity contribution is 0.137. The molecule has 4 heteroatoms. The number of hydrogen-bond acceptors (Lipinski definition) is 2. The Labute approximate surface area is 67.1 Å². The number of rotatable bonds is 4. The molecule has 3 nitrogen and oxygen atoms in total. The van der Waals surface area contributed by atoms with Gasteiger partial charge in [-0.3, -0.25) is 0 Å². The quantitative estimate of drug-likeness (QED) is 0.473. The van der Waals surface area contributed by atoms with E-state index in [2.05, 4.69) is 0 Å². The molecule has 60 valence electrons. The van der Waals surface area contributed by atoms with Crippen molar-refractivity contribution in [2.45, 2.75) is 6.92 Å². The van der Waals surface area contributed by atoms with E-state index in [-0.39, 0.29) is 0 Å². The average Bonchev–Trinajstić information content (AvgIpc) is 1.88. The van der Waals surface area contributed by atoms with Gasteiger partial charge >= 0.3 is 0 Å². The molecular weight excluding hydrogens is 148 g/mol. The topological polar surface area (TPSA) is 38.5 Å². The summed E-state index contributed by atoms with van der Waals surface area (Å²) in [5, 5.41) is 0.416. The number of hydrogen-bond donors (Lipinski definition) is 1. The molecule has 0 saturated heterocycles. The van der Waals surface area contributed by atoms with Crippen molar-refractivity contribution in [3.8, 4) is 0 Å². The summed E-state index contributed by atoms with van der Waals surface area (Å²) < 4.78 is 5.10. The van der Waals surface area contributed by atoms with Gasteiger partial charge in [-0.05, 0) is 19.1 Å². The number of likely N-dealkylation sites (N-methyl/N-ethyl adjacent to an activating group) is 1. The Bertz CT molecular complexity index is 108. The lowest BCUT2D eigenvalue weighted by Crippen LogP contribution is -2.34. The van der Waals surface area contributed by atoms with E-state index in [0.717, 1.165) is 13.2 Å². The van der Waals surface area contributed by atoms with Gasteiger partial charge < -0.3 is 15.4 Å². The predicted octanol–water partition coefficient (Wildman–Crippen LogP) is 0.198. The van der Waals surface area contributed by atoms with Crippen LogP contribution in [0.5, 0.6) is 0 Å². The van der Waals surface area contributed by atoms with Crippen LogP contribution in [0.4, 0.5) is 0 Å². The Hall–Kier alpha value is -0.350. The Morgan fingerprint density at radius 2 is 2.30 bits per heavy atom. The molecule has 0 saturated carbocycles. The third-order valence-corrected chi connectivity index (χ3v) is 1.46. The van der Waals surface area contributed by atoms with Crippen LogP contribution in [0.3, 0.4) is 0 Å². The van der Waals surface area contributed by atoms with Crippen LogP contribution in [-0.4, -0.2) is 36.8 Å². The Balaban J connectivity index is 3.21. The molecule has 0 aliphatic carbocycles. The van der Waals surface area contributed by atoms with Crippen molar-refractivity contribution in [2.24, 2.45) is 5.73 Å². The smallest absolute Gasteiger partial charge is 0.166 e. The van der Waals surface area contributed by atoms with Crippen LogP contribution >= 0.6 is 12.2 Å². The lowest BCUT2D eigenvalue weighted by atomic mass is 10.6. The van der Waals surface area contributed by atoms with Crippen LogP contribution in [0.25, 0.3) is 0 Å². The maximum atomic E-state index is 5.32. The van der Waals surface area contributed by atoms with E-state index >= 15 is 0 Å². The van der Waals surface area contributed by atoms with E-state index in [1.165, 1.54) is 0 Å². The van der Waals surface area contributed by atoms with E-state index < -0.39 is 0 Å². The second-order valence-electron chi connectivity index (χ2n) is 1.96. The number of thiocarbonyl (C=S) groups is 1. The van der Waals surface area contributed by atoms with E-state index in [1.54, 1.807) is 4.90 Å². The van der Waals surface area contributed by atoms with Gasteiger partial charge in [0.15, 0.2) is 5.11 Å². The molecule has 0 aromatic rings. The fourth-order valence-electron chi connectivity index (χ4n) is 0.456. The summed E-state index contributed by atoms with van der Waals surface area (Å²) in [7, 11) is 1.85. The van der Waals surface area contributed by atoms with Crippen molar-refractivity contribution in [3.63, 3.8) is 0 Å². The van der Waals surface area contributed by atoms with Gasteiger partial charge in [0.25, 0.3) is 0 Å². The molecule has 0 atom stereocenters. The minimum Gasteiger partial charge on any atom is -0.380 e. The van der Waals surface area contributed by atoms with Gasteiger partial charge in [-0.15, -0.1) is 0 Å². The molecule has 0 aromatic heterocycles. The minimum absolute atomic E-state index is 0.416. The van der Waals surface area contributed by atoms with Crippen LogP contribution < -0.4 is 5.73 Å². The summed E-state index contributed by atoms with van der Waals surface area (Å²) in [5.74, 6) is 0. The molecule has 0 bridgehead atoms. The molecule has 0 aliphatic rings. The van der Waals surface area contributed by atoms with Crippen LogP contribution in [0, 0.1) is 0 Å². The Kier molecular flexibility index (Phi) is 5.25. The van der Waals surface area contributed by atoms with Crippen LogP contribution in [-0.2, 0) is 4.74 Å². The van der Waals surface area contributed by atoms with Crippen molar-refractivity contribution < 1.29 is 4.74 Å². The van der Waals surface area contributed by atoms with Gasteiger partial charge in [-0.2, -0.15) is 0 Å². The molecule has 2 N–H and O–H groups in total. The molecule has 0 amide bonds. The van der Waals surface area contributed by atoms with Gasteiger partial charge in [0, 0.05) is 20.2 Å². The predicted molar refractivity (Wildman–Crippen MR) is 45.9 cm³/mol. The second kappa shape index (κ2) is 5.44. The van der Waals surface area contributed by atoms with Crippen molar-refractivity contribution in [3.05, 3.63) is 0 Å². The first-order chi connectivity index (χ1) is 4.68. The highest BCUT2D eigenvalue weighted by Crippen LogP contribution is 1.82. The second-order valence-corrected chi connectivity index (χ2v) is 2.37. The SMILES string of the molecule is CCOCCN(C)C(N)=S. The molecule has 0 rings (SSSR count). The standard InChI is InChI=1S/C6H14N2OS/c1-3-9-5-4-8(2)6(7)10/h3-5H2,1-2H3,(H2,7,10). The van der Waals surface area contributed by atoms with Crippen molar-refractivity contribution in [2.75, 3.05) is 26.8 Å². The van der Waals surface area contributed by atoms with E-state index in [4.69, 9.17) is 22.7 Å². The van der Waals surface area contributed by atoms with Crippen LogP contribution in [0.1, 0.15) is 6.92 Å². The normalized spacial score (nSPS) is 9.40. The zero-order valence-corrected chi connectivity index (χ0v) is 7.28. The molecule has 0 unspecified atom stereocenters. The van der Waals surface area contributed by atoms with Gasteiger partial charge in [-0.1, -0.05) is 0 Å². The first-order valence-electron chi connectivity index (χ1n) is 3.26. The number of nitrogens with two attached hydrogens (primary N) is 1. The van der Waals surface area contributed by atoms with Crippen molar-refractivity contribution in [1.82, 2.24) is 4.90 Å². The van der Waals surface area contributed by atoms with Gasteiger partial charge in [0.05, 0.1) is 6.61 Å². The minimum atomic E-state index is 0.416. The fraction of sp³-hybridized carbons (Fsp3) is 0.833. The highest BCUT2D eigenvalue weighted by atomic mass is 32.1. The molecule has 0 fully saturated rings. The molecule has 0 aliphatic heterocycles. The largest absolute Gasteiger partial charge is 0.380 e. The summed E-state index contributed by atoms with van der Waals surface area (Å²) in [4.78, 5) is 1.78. The van der Waals surface area contributed by atoms with Gasteiger partial charge in [0.1, 0.15) is 0 Å². The summed E-state index contributed by atoms with van der Waals surface area (Å²) in [6, 6.07) is 0. The fourth-order valence-corrected chi connectivity index (χ4v) is 0.547. The molecule has 10 heavy (non-hydrogen) atoms. The van der Waals surface area contributed by atoms with Crippen LogP contribution in [0.2, 0.25) is 0 Å². The van der Waals surface area contributed by atoms with Crippen LogP contribution in [0.15, 0.2) is 0 Å². The lowest BCUT2D eigenvalue weighted by Gasteiger charge is -2.15. The summed E-state index contributed by atoms with van der Waals surface area (Å²) in [6.45, 7) is 4.15. The maximum Gasteiger partial charge on any atom is 0.166 e. The average molecular weight is 162 g/mol. The van der Waals surface area contributed by atoms with Crippen molar-refractivity contribution >= 4 is 17.3 Å². The summed E-state index contributed by atoms with van der Waals surface area (Å²) in [6.07, 6.45) is 0. The maximum absolute atomic E-state index is 5.32. The van der Waals surface area contributed by atoms with E-state index in [0.29, 0.717) is 11.7 Å². The number of ether oxygens (including phenoxy) is 1. The molecule has 0 spiro atoms. The van der Waals surface area contributed by atoms with E-state index in [1.807, 2.05) is 14.0 Å². The highest BCUT2D eigenvalue weighted by Gasteiger charge is 1.96. The number of nitrogens with zero attached hydrogens (tertiary/aromatic N) is 1. The summed E-state index contributed by atoms with van der Waals surface area (Å²) in [5.41, 5.74) is 5.32. The zero-order valence-electron chi connectivity index (χ0n) is 6.46. The Morgan fingerprint density at radius 1 is 1.70 bits per heavy atom. The van der Waals surface area contributed by atoms with Crippen molar-refractivity contribution in [1.29, 1.82) is 0 Å². The third kappa shape index (κ3) is 4.52. The van der Waals surface area contributed by atoms with Gasteiger partial charge in [-0.25, -0.2) is 0 Å². The first-order valence-corrected chi connectivity index (χ1v) is 3.67. The molecule has 0 heterocycles. The first kappa shape index (κ1) is 9.65. The highest BCUT2D eigenvalue weighted by molar-refractivity contribution is 7.80. The van der Waals surface area contributed by atoms with E-state index in [9.17, 15) is 0 Å². The molecular formula is C6H14N2OS. The summed E-state index contributed by atoms with van der Waals surface area (Å²) >= 11 is 4.72. The molecule has 0 aromatic carbocycles. The van der Waals surface area contributed by atoms with Gasteiger partial charge in [0.2, 0.25) is 0 Å².